The topological polar surface area (TPSA) is 113 Å². The summed E-state index contributed by atoms with van der Waals surface area (Å²) in [7, 11) is 0. The van der Waals surface area contributed by atoms with E-state index in [1.54, 1.807) is 6.20 Å². The number of hydrogen-bond donors (Lipinski definition) is 3. The van der Waals surface area contributed by atoms with Crippen molar-refractivity contribution in [2.24, 2.45) is 0 Å². The van der Waals surface area contributed by atoms with Crippen LogP contribution in [-0.2, 0) is 20.9 Å². The van der Waals surface area contributed by atoms with E-state index in [1.807, 2.05) is 40.7 Å². The summed E-state index contributed by atoms with van der Waals surface area (Å²) in [5.41, 5.74) is 1.87. The number of fused-ring (bicyclic) bond motifs is 2. The zero-order valence-corrected chi connectivity index (χ0v) is 19.4. The molecule has 0 bridgehead atoms. The van der Waals surface area contributed by atoms with Crippen molar-refractivity contribution in [1.82, 2.24) is 25.4 Å². The van der Waals surface area contributed by atoms with E-state index in [0.717, 1.165) is 36.7 Å². The molecule has 2 fully saturated rings. The number of benzene rings is 1. The first-order valence-electron chi connectivity index (χ1n) is 11.8. The molecule has 9 nitrogen and oxygen atoms in total. The Kier molecular flexibility index (Phi) is 7.00. The van der Waals surface area contributed by atoms with E-state index in [1.165, 1.54) is 0 Å². The molecule has 180 valence electrons. The first-order chi connectivity index (χ1) is 16.4. The zero-order chi connectivity index (χ0) is 24.2. The second kappa shape index (κ2) is 10.1. The van der Waals surface area contributed by atoms with Gasteiger partial charge in [0.1, 0.15) is 6.04 Å². The Morgan fingerprint density at radius 3 is 2.65 bits per heavy atom. The molecule has 2 aromatic rings. The smallest absolute Gasteiger partial charge is 0.251 e. The highest BCUT2D eigenvalue weighted by Crippen LogP contribution is 2.24. The number of ketones is 1. The molecule has 0 spiro atoms. The van der Waals surface area contributed by atoms with Crippen LogP contribution in [0, 0.1) is 0 Å². The third-order valence-electron chi connectivity index (χ3n) is 6.45. The number of aryl methyl sites for hydroxylation is 1. The Balaban J connectivity index is 1.63. The number of carbonyl (C=O) groups excluding carboxylic acids is 4. The number of nitrogens with one attached hydrogen (secondary N) is 3. The van der Waals surface area contributed by atoms with E-state index in [4.69, 9.17) is 0 Å². The molecule has 2 saturated heterocycles. The van der Waals surface area contributed by atoms with Crippen LogP contribution in [0.3, 0.4) is 0 Å². The van der Waals surface area contributed by atoms with Crippen LogP contribution in [0.15, 0.2) is 42.7 Å². The monoisotopic (exact) mass is 465 g/mol. The fourth-order valence-corrected chi connectivity index (χ4v) is 4.75. The molecule has 0 radical (unpaired) electrons. The second-order valence-corrected chi connectivity index (χ2v) is 8.82. The highest BCUT2D eigenvalue weighted by atomic mass is 16.2. The largest absolute Gasteiger partial charge is 0.362 e. The fourth-order valence-electron chi connectivity index (χ4n) is 4.75. The van der Waals surface area contributed by atoms with E-state index in [-0.39, 0.29) is 19.0 Å². The lowest BCUT2D eigenvalue weighted by atomic mass is 10.00. The lowest BCUT2D eigenvalue weighted by molar-refractivity contribution is -0.131. The third-order valence-corrected chi connectivity index (χ3v) is 6.45. The second-order valence-electron chi connectivity index (χ2n) is 8.82. The molecule has 3 N–H and O–H groups in total. The number of amides is 3. The van der Waals surface area contributed by atoms with Gasteiger partial charge in [-0.15, -0.1) is 0 Å². The van der Waals surface area contributed by atoms with Crippen molar-refractivity contribution in [3.05, 3.63) is 48.3 Å². The number of nitrogens with zero attached hydrogens (tertiary/aromatic N) is 2. The van der Waals surface area contributed by atoms with Gasteiger partial charge in [-0.05, 0) is 31.7 Å². The summed E-state index contributed by atoms with van der Waals surface area (Å²) in [6, 6.07) is 5.65. The van der Waals surface area contributed by atoms with Gasteiger partial charge in [-0.3, -0.25) is 19.2 Å². The highest BCUT2D eigenvalue weighted by Gasteiger charge is 2.34. The Labute approximate surface area is 198 Å². The van der Waals surface area contributed by atoms with Gasteiger partial charge in [0.25, 0.3) is 5.91 Å². The van der Waals surface area contributed by atoms with Crippen LogP contribution in [0.2, 0.25) is 0 Å². The third kappa shape index (κ3) is 4.69. The SMILES string of the molecule is C=C1CNC(=O)C(C(=O)c2cn(CCC)c3ccccc23)NC(=O)CNC(=O)C2CCCCN12. The molecule has 1 aromatic carbocycles. The Morgan fingerprint density at radius 2 is 1.85 bits per heavy atom. The number of rotatable bonds is 4. The van der Waals surface area contributed by atoms with Crippen LogP contribution in [-0.4, -0.2) is 64.7 Å². The molecular weight excluding hydrogens is 434 g/mol. The predicted molar refractivity (Wildman–Crippen MR) is 128 cm³/mol. The molecule has 0 aliphatic carbocycles. The van der Waals surface area contributed by atoms with Crippen molar-refractivity contribution in [2.45, 2.75) is 51.2 Å². The number of para-hydroxylation sites is 1. The van der Waals surface area contributed by atoms with E-state index < -0.39 is 29.7 Å². The number of Topliss-reactive ketones (excluding diaryl/α,β-unsaturated/α-hetero) is 1. The van der Waals surface area contributed by atoms with Gasteiger partial charge >= 0.3 is 0 Å². The maximum absolute atomic E-state index is 13.6. The number of carbonyl (C=O) groups is 4. The molecule has 1 aromatic heterocycles. The van der Waals surface area contributed by atoms with E-state index in [0.29, 0.717) is 24.2 Å². The van der Waals surface area contributed by atoms with Crippen LogP contribution >= 0.6 is 0 Å². The van der Waals surface area contributed by atoms with E-state index >= 15 is 0 Å². The first kappa shape index (κ1) is 23.5. The molecule has 9 heteroatoms. The van der Waals surface area contributed by atoms with Crippen molar-refractivity contribution in [2.75, 3.05) is 19.6 Å². The molecule has 3 heterocycles. The number of aromatic nitrogens is 1. The minimum absolute atomic E-state index is 0.0832. The maximum Gasteiger partial charge on any atom is 0.251 e. The van der Waals surface area contributed by atoms with Crippen molar-refractivity contribution >= 4 is 34.4 Å². The summed E-state index contributed by atoms with van der Waals surface area (Å²) in [5.74, 6) is -1.96. The van der Waals surface area contributed by atoms with Gasteiger partial charge < -0.3 is 25.4 Å². The van der Waals surface area contributed by atoms with Gasteiger partial charge in [-0.25, -0.2) is 0 Å². The molecule has 2 aliphatic heterocycles. The van der Waals surface area contributed by atoms with Gasteiger partial charge in [0.05, 0.1) is 13.1 Å². The highest BCUT2D eigenvalue weighted by molar-refractivity contribution is 6.20. The van der Waals surface area contributed by atoms with Crippen LogP contribution in [0.25, 0.3) is 10.9 Å². The van der Waals surface area contributed by atoms with Gasteiger partial charge in [-0.2, -0.15) is 0 Å². The summed E-state index contributed by atoms with van der Waals surface area (Å²) < 4.78 is 1.98. The predicted octanol–water partition coefficient (Wildman–Crippen LogP) is 1.33. The summed E-state index contributed by atoms with van der Waals surface area (Å²) >= 11 is 0. The lowest BCUT2D eigenvalue weighted by Gasteiger charge is -2.38. The van der Waals surface area contributed by atoms with Crippen LogP contribution in [0.1, 0.15) is 43.0 Å². The quantitative estimate of drug-likeness (QED) is 0.466. The Bertz CT molecular complexity index is 1140. The van der Waals surface area contributed by atoms with Gasteiger partial charge in [0.2, 0.25) is 11.8 Å². The molecule has 0 saturated carbocycles. The fraction of sp³-hybridized carbons (Fsp3) is 0.440. The minimum Gasteiger partial charge on any atom is -0.362 e. The molecule has 2 atom stereocenters. The normalized spacial score (nSPS) is 22.2. The van der Waals surface area contributed by atoms with Gasteiger partial charge in [0, 0.05) is 41.4 Å². The van der Waals surface area contributed by atoms with Crippen molar-refractivity contribution in [1.29, 1.82) is 0 Å². The zero-order valence-electron chi connectivity index (χ0n) is 19.4. The van der Waals surface area contributed by atoms with Crippen LogP contribution in [0.4, 0.5) is 0 Å². The van der Waals surface area contributed by atoms with E-state index in [9.17, 15) is 19.2 Å². The van der Waals surface area contributed by atoms with Crippen LogP contribution < -0.4 is 16.0 Å². The Morgan fingerprint density at radius 1 is 1.09 bits per heavy atom. The first-order valence-corrected chi connectivity index (χ1v) is 11.8. The molecule has 2 aliphatic rings. The molecule has 4 rings (SSSR count). The van der Waals surface area contributed by atoms with Crippen molar-refractivity contribution in [3.63, 3.8) is 0 Å². The molecular formula is C25H31N5O4. The minimum atomic E-state index is -1.42. The van der Waals surface area contributed by atoms with E-state index in [2.05, 4.69) is 22.5 Å². The summed E-state index contributed by atoms with van der Waals surface area (Å²) in [6.07, 6.45) is 5.10. The maximum atomic E-state index is 13.6. The average molecular weight is 466 g/mol. The number of piperidine rings is 1. The summed E-state index contributed by atoms with van der Waals surface area (Å²) in [6.45, 7) is 7.25. The number of hydrogen-bond acceptors (Lipinski definition) is 5. The van der Waals surface area contributed by atoms with Gasteiger partial charge in [0.15, 0.2) is 11.8 Å². The van der Waals surface area contributed by atoms with Crippen molar-refractivity contribution in [3.8, 4) is 0 Å². The van der Waals surface area contributed by atoms with Crippen molar-refractivity contribution < 1.29 is 19.2 Å². The summed E-state index contributed by atoms with van der Waals surface area (Å²) in [4.78, 5) is 54.0. The lowest BCUT2D eigenvalue weighted by Crippen LogP contribution is -2.57. The summed E-state index contributed by atoms with van der Waals surface area (Å²) in [5, 5.41) is 8.65. The molecule has 34 heavy (non-hydrogen) atoms. The molecule has 3 amide bonds. The Hall–Kier alpha value is -3.62. The average Bonchev–Trinajstić information content (AvgIpc) is 3.22. The van der Waals surface area contributed by atoms with Gasteiger partial charge in [-0.1, -0.05) is 31.7 Å². The standard InChI is InChI=1S/C25H31N5O4/c1-3-11-29-15-18(17-8-4-5-9-19(17)29)23(32)22-25(34)26-13-16(2)30-12-7-6-10-20(30)24(33)27-14-21(31)28-22/h4-5,8-9,15,20,22H,2-3,6-7,10-14H2,1H3,(H,26,34)(H,27,33)(H,28,31). The molecule has 2 unspecified atom stereocenters. The van der Waals surface area contributed by atoms with Crippen LogP contribution in [0.5, 0.6) is 0 Å².